The van der Waals surface area contributed by atoms with Gasteiger partial charge in [0, 0.05) is 24.4 Å². The predicted octanol–water partition coefficient (Wildman–Crippen LogP) is 1.75. The van der Waals surface area contributed by atoms with Crippen LogP contribution in [0.3, 0.4) is 0 Å². The molecule has 1 fully saturated rings. The zero-order chi connectivity index (χ0) is 17.8. The number of ether oxygens (including phenoxy) is 1. The minimum Gasteiger partial charge on any atom is -0.451 e. The Morgan fingerprint density at radius 3 is 2.68 bits per heavy atom. The average molecular weight is 379 g/mol. The van der Waals surface area contributed by atoms with E-state index in [-0.39, 0.29) is 30.0 Å². The molecule has 0 atom stereocenters. The number of hydrogen-bond acceptors (Lipinski definition) is 7. The number of nitrogens with two attached hydrogens (primary N) is 1. The van der Waals surface area contributed by atoms with Gasteiger partial charge in [-0.15, -0.1) is 22.7 Å². The van der Waals surface area contributed by atoms with Crippen molar-refractivity contribution in [3.8, 4) is 9.88 Å². The van der Waals surface area contributed by atoms with Gasteiger partial charge in [-0.25, -0.2) is 9.78 Å². The van der Waals surface area contributed by atoms with Crippen LogP contribution in [-0.4, -0.2) is 47.4 Å². The molecule has 2 aromatic rings. The number of primary amides is 1. The summed E-state index contributed by atoms with van der Waals surface area (Å²) in [7, 11) is 0. The molecule has 3 heterocycles. The predicted molar refractivity (Wildman–Crippen MR) is 94.2 cm³/mol. The fraction of sp³-hybridized carbons (Fsp3) is 0.375. The summed E-state index contributed by atoms with van der Waals surface area (Å²) >= 11 is 2.90. The molecule has 1 saturated heterocycles. The van der Waals surface area contributed by atoms with Crippen molar-refractivity contribution in [2.24, 2.45) is 11.7 Å². The molecule has 1 aliphatic heterocycles. The van der Waals surface area contributed by atoms with Gasteiger partial charge in [-0.1, -0.05) is 6.07 Å². The summed E-state index contributed by atoms with van der Waals surface area (Å²) in [5.41, 5.74) is 5.47. The maximum Gasteiger partial charge on any atom is 0.358 e. The van der Waals surface area contributed by atoms with E-state index in [1.807, 2.05) is 17.5 Å². The summed E-state index contributed by atoms with van der Waals surface area (Å²) < 4.78 is 5.07. The van der Waals surface area contributed by atoms with Crippen LogP contribution in [0.1, 0.15) is 23.3 Å². The molecule has 0 radical (unpaired) electrons. The number of nitrogens with zero attached hydrogens (tertiary/aromatic N) is 2. The van der Waals surface area contributed by atoms with Crippen molar-refractivity contribution < 1.29 is 19.1 Å². The summed E-state index contributed by atoms with van der Waals surface area (Å²) in [6.45, 7) is 0.568. The molecule has 0 unspecified atom stereocenters. The van der Waals surface area contributed by atoms with E-state index in [1.165, 1.54) is 11.3 Å². The molecular weight excluding hydrogens is 362 g/mol. The Kier molecular flexibility index (Phi) is 5.44. The van der Waals surface area contributed by atoms with Gasteiger partial charge in [0.15, 0.2) is 12.3 Å². The first-order valence-corrected chi connectivity index (χ1v) is 9.54. The van der Waals surface area contributed by atoms with Crippen molar-refractivity contribution in [2.45, 2.75) is 12.8 Å². The number of rotatable bonds is 5. The van der Waals surface area contributed by atoms with E-state index in [2.05, 4.69) is 4.98 Å². The second kappa shape index (κ2) is 7.75. The molecule has 9 heteroatoms. The molecule has 2 aromatic heterocycles. The lowest BCUT2D eigenvalue weighted by Crippen LogP contribution is -2.43. The molecule has 2 N–H and O–H groups in total. The number of thiophene rings is 1. The quantitative estimate of drug-likeness (QED) is 0.798. The van der Waals surface area contributed by atoms with Gasteiger partial charge in [0.2, 0.25) is 5.91 Å². The van der Waals surface area contributed by atoms with Gasteiger partial charge >= 0.3 is 5.97 Å². The summed E-state index contributed by atoms with van der Waals surface area (Å²) in [4.78, 5) is 42.1. The third-order valence-electron chi connectivity index (χ3n) is 4.02. The van der Waals surface area contributed by atoms with E-state index in [0.717, 1.165) is 9.88 Å². The van der Waals surface area contributed by atoms with Crippen LogP contribution in [0.25, 0.3) is 9.88 Å². The molecule has 0 aliphatic carbocycles. The van der Waals surface area contributed by atoms with Crippen molar-refractivity contribution in [1.82, 2.24) is 9.88 Å². The highest BCUT2D eigenvalue weighted by Crippen LogP contribution is 2.28. The first-order chi connectivity index (χ1) is 12.0. The summed E-state index contributed by atoms with van der Waals surface area (Å²) in [6.07, 6.45) is 1.09. The number of thiazole rings is 1. The molecule has 1 aliphatic rings. The monoisotopic (exact) mass is 379 g/mol. The van der Waals surface area contributed by atoms with Crippen LogP contribution in [0, 0.1) is 5.92 Å². The largest absolute Gasteiger partial charge is 0.451 e. The van der Waals surface area contributed by atoms with E-state index in [9.17, 15) is 14.4 Å². The van der Waals surface area contributed by atoms with Crippen LogP contribution < -0.4 is 5.73 Å². The summed E-state index contributed by atoms with van der Waals surface area (Å²) in [5, 5.41) is 4.32. The van der Waals surface area contributed by atoms with Gasteiger partial charge < -0.3 is 15.4 Å². The Hall–Kier alpha value is -2.26. The third-order valence-corrected chi connectivity index (χ3v) is 5.90. The minimum absolute atomic E-state index is 0.183. The molecule has 0 aromatic carbocycles. The number of hydrogen-bond donors (Lipinski definition) is 1. The van der Waals surface area contributed by atoms with Gasteiger partial charge in [-0.3, -0.25) is 9.59 Å². The maximum absolute atomic E-state index is 12.1. The standard InChI is InChI=1S/C16H17N3O4S2/c17-14(21)10-3-5-19(6-4-10)13(20)8-23-16(22)11-9-25-15(18-11)12-2-1-7-24-12/h1-2,7,9-10H,3-6,8H2,(H2,17,21). The second-order valence-corrected chi connectivity index (χ2v) is 7.45. The van der Waals surface area contributed by atoms with Crippen molar-refractivity contribution in [1.29, 1.82) is 0 Å². The zero-order valence-electron chi connectivity index (χ0n) is 13.3. The van der Waals surface area contributed by atoms with Gasteiger partial charge in [-0.2, -0.15) is 0 Å². The topological polar surface area (TPSA) is 103 Å². The molecule has 0 bridgehead atoms. The summed E-state index contributed by atoms with van der Waals surface area (Å²) in [5.74, 6) is -1.40. The highest BCUT2D eigenvalue weighted by Gasteiger charge is 2.26. The van der Waals surface area contributed by atoms with Gasteiger partial charge in [0.1, 0.15) is 5.01 Å². The normalized spacial score (nSPS) is 15.1. The van der Waals surface area contributed by atoms with Gasteiger partial charge in [0.05, 0.1) is 4.88 Å². The van der Waals surface area contributed by atoms with Crippen molar-refractivity contribution in [3.05, 3.63) is 28.6 Å². The van der Waals surface area contributed by atoms with Crippen LogP contribution in [0.5, 0.6) is 0 Å². The maximum atomic E-state index is 12.1. The lowest BCUT2D eigenvalue weighted by atomic mass is 9.96. The fourth-order valence-corrected chi connectivity index (χ4v) is 4.19. The first-order valence-electron chi connectivity index (χ1n) is 7.78. The van der Waals surface area contributed by atoms with E-state index in [4.69, 9.17) is 10.5 Å². The smallest absolute Gasteiger partial charge is 0.358 e. The number of amides is 2. The highest BCUT2D eigenvalue weighted by molar-refractivity contribution is 7.20. The molecular formula is C16H17N3O4S2. The van der Waals surface area contributed by atoms with Crippen LogP contribution in [0.2, 0.25) is 0 Å². The first kappa shape index (κ1) is 17.6. The zero-order valence-corrected chi connectivity index (χ0v) is 15.0. The molecule has 0 saturated carbocycles. The number of carbonyl (C=O) groups is 3. The third kappa shape index (κ3) is 4.23. The number of piperidine rings is 1. The number of esters is 1. The van der Waals surface area contributed by atoms with E-state index in [0.29, 0.717) is 25.9 Å². The molecule has 2 amide bonds. The highest BCUT2D eigenvalue weighted by atomic mass is 32.1. The van der Waals surface area contributed by atoms with Crippen LogP contribution in [0.15, 0.2) is 22.9 Å². The van der Waals surface area contributed by atoms with E-state index in [1.54, 1.807) is 21.6 Å². The summed E-state index contributed by atoms with van der Waals surface area (Å²) in [6, 6.07) is 3.84. The number of aromatic nitrogens is 1. The van der Waals surface area contributed by atoms with Crippen molar-refractivity contribution in [3.63, 3.8) is 0 Å². The minimum atomic E-state index is -0.612. The van der Waals surface area contributed by atoms with Gasteiger partial charge in [-0.05, 0) is 24.3 Å². The molecule has 25 heavy (non-hydrogen) atoms. The Morgan fingerprint density at radius 2 is 2.04 bits per heavy atom. The van der Waals surface area contributed by atoms with E-state index >= 15 is 0 Å². The number of carbonyl (C=O) groups excluding carboxylic acids is 3. The van der Waals surface area contributed by atoms with Crippen molar-refractivity contribution in [2.75, 3.05) is 19.7 Å². The fourth-order valence-electron chi connectivity index (χ4n) is 2.59. The van der Waals surface area contributed by atoms with Gasteiger partial charge in [0.25, 0.3) is 5.91 Å². The van der Waals surface area contributed by atoms with E-state index < -0.39 is 5.97 Å². The Labute approximate surface area is 152 Å². The average Bonchev–Trinajstić information content (AvgIpc) is 3.30. The second-order valence-electron chi connectivity index (χ2n) is 5.65. The Morgan fingerprint density at radius 1 is 1.28 bits per heavy atom. The van der Waals surface area contributed by atoms with Crippen LogP contribution >= 0.6 is 22.7 Å². The Balaban J connectivity index is 1.49. The van der Waals surface area contributed by atoms with Crippen LogP contribution in [0.4, 0.5) is 0 Å². The Bertz CT molecular complexity index is 764. The molecule has 3 rings (SSSR count). The molecule has 7 nitrogen and oxygen atoms in total. The molecule has 132 valence electrons. The lowest BCUT2D eigenvalue weighted by Gasteiger charge is -2.30. The molecule has 0 spiro atoms. The SMILES string of the molecule is NC(=O)C1CCN(C(=O)COC(=O)c2csc(-c3cccs3)n2)CC1. The van der Waals surface area contributed by atoms with Crippen molar-refractivity contribution >= 4 is 40.5 Å². The van der Waals surface area contributed by atoms with Crippen LogP contribution in [-0.2, 0) is 14.3 Å². The lowest BCUT2D eigenvalue weighted by molar-refractivity contribution is -0.137. The number of likely N-dealkylation sites (tertiary alicyclic amines) is 1.